The van der Waals surface area contributed by atoms with E-state index in [1.807, 2.05) is 0 Å². The molecule has 0 spiro atoms. The molecule has 348 valence electrons. The molecule has 0 aliphatic carbocycles. The molecule has 18 heteroatoms. The maximum absolute atomic E-state index is 13.7. The molecule has 0 aromatic heterocycles. The van der Waals surface area contributed by atoms with E-state index in [2.05, 4.69) is 28.2 Å². The van der Waals surface area contributed by atoms with Gasteiger partial charge in [-0.25, -0.2) is 4.79 Å². The third kappa shape index (κ3) is 15.7. The first-order valence-electron chi connectivity index (χ1n) is 21.9. The molecular weight excluding hydrogens is 815 g/mol. The number of aliphatic carboxylic acids is 1. The van der Waals surface area contributed by atoms with Crippen LogP contribution >= 0.6 is 0 Å². The van der Waals surface area contributed by atoms with Gasteiger partial charge in [-0.1, -0.05) is 90.0 Å². The van der Waals surface area contributed by atoms with E-state index < -0.39 is 85.1 Å². The van der Waals surface area contributed by atoms with Crippen LogP contribution in [-0.4, -0.2) is 124 Å². The predicted molar refractivity (Wildman–Crippen MR) is 236 cm³/mol. The number of likely N-dealkylation sites (N-methyl/N-ethyl adjacent to an activating group) is 2. The predicted octanol–water partition coefficient (Wildman–Crippen LogP) is 3.01. The van der Waals surface area contributed by atoms with Gasteiger partial charge in [0, 0.05) is 38.1 Å². The van der Waals surface area contributed by atoms with Crippen molar-refractivity contribution < 1.29 is 54.0 Å². The molecule has 10 N–H and O–H groups in total. The second kappa shape index (κ2) is 25.9. The maximum atomic E-state index is 13.7. The number of hydrogen-bond donors (Lipinski definition) is 9. The minimum Gasteiger partial charge on any atom is -0.507 e. The molecule has 1 aliphatic heterocycles. The minimum absolute atomic E-state index is 0.00356. The van der Waals surface area contributed by atoms with Crippen molar-refractivity contribution in [3.05, 3.63) is 41.5 Å². The summed E-state index contributed by atoms with van der Waals surface area (Å²) < 4.78 is 0. The number of carbonyl (C=O) groups excluding carboxylic acids is 6. The lowest BCUT2D eigenvalue weighted by molar-refractivity contribution is -0.142. The molecule has 4 atom stereocenters. The van der Waals surface area contributed by atoms with Crippen LogP contribution in [0.1, 0.15) is 121 Å². The Labute approximate surface area is 369 Å². The fraction of sp³-hybridized carbons (Fsp3) is 0.578. The molecule has 0 fully saturated rings. The van der Waals surface area contributed by atoms with Crippen molar-refractivity contribution in [3.8, 4) is 22.6 Å². The SMILES string of the molecule is CCCCCCCCCCCCCCCC(=O)N(C)[C@H](CO)C(=O)N[C@H](C)C(=O)NCC(=O)N(C)[C@@H]1C(=O)NCC(=O)N[C@H](C(=O)O)Cc2cc(N)c(O)c(c2)-c2cc1ccc2O. The number of unbranched alkanes of at least 4 members (excludes halogenated alkanes) is 12. The smallest absolute Gasteiger partial charge is 0.326 e. The highest BCUT2D eigenvalue weighted by Crippen LogP contribution is 2.41. The van der Waals surface area contributed by atoms with Crippen molar-refractivity contribution >= 4 is 47.1 Å². The van der Waals surface area contributed by atoms with Crippen molar-refractivity contribution in [1.82, 2.24) is 31.1 Å². The number of aliphatic hydroxyl groups excluding tert-OH is 1. The summed E-state index contributed by atoms with van der Waals surface area (Å²) in [7, 11) is 2.67. The lowest BCUT2D eigenvalue weighted by Crippen LogP contribution is -2.55. The van der Waals surface area contributed by atoms with Crippen molar-refractivity contribution in [1.29, 1.82) is 0 Å². The fourth-order valence-corrected chi connectivity index (χ4v) is 7.46. The molecule has 0 unspecified atom stereocenters. The zero-order valence-electron chi connectivity index (χ0n) is 37.0. The Morgan fingerprint density at radius 1 is 0.841 bits per heavy atom. The normalized spacial score (nSPS) is 16.1. The van der Waals surface area contributed by atoms with Crippen LogP contribution in [0.2, 0.25) is 0 Å². The van der Waals surface area contributed by atoms with Crippen LogP contribution in [0.25, 0.3) is 11.1 Å². The average Bonchev–Trinajstić information content (AvgIpc) is 3.24. The van der Waals surface area contributed by atoms with Crippen LogP contribution in [0.15, 0.2) is 30.3 Å². The van der Waals surface area contributed by atoms with E-state index in [-0.39, 0.29) is 46.9 Å². The van der Waals surface area contributed by atoms with E-state index in [9.17, 15) is 54.0 Å². The first-order valence-corrected chi connectivity index (χ1v) is 21.9. The molecule has 1 aliphatic rings. The lowest BCUT2D eigenvalue weighted by Gasteiger charge is -2.29. The van der Waals surface area contributed by atoms with Gasteiger partial charge in [0.25, 0.3) is 0 Å². The molecule has 4 bridgehead atoms. The molecule has 18 nitrogen and oxygen atoms in total. The van der Waals surface area contributed by atoms with Gasteiger partial charge in [0.2, 0.25) is 35.4 Å². The summed E-state index contributed by atoms with van der Waals surface area (Å²) in [5.74, 6) is -6.59. The fourth-order valence-electron chi connectivity index (χ4n) is 7.46. The highest BCUT2D eigenvalue weighted by atomic mass is 16.4. The third-order valence-electron chi connectivity index (χ3n) is 11.3. The van der Waals surface area contributed by atoms with Crippen molar-refractivity contribution in [2.75, 3.05) is 39.5 Å². The number of aromatic hydroxyl groups is 2. The summed E-state index contributed by atoms with van der Waals surface area (Å²) in [4.78, 5) is 93.3. The Morgan fingerprint density at radius 2 is 1.44 bits per heavy atom. The summed E-state index contributed by atoms with van der Waals surface area (Å²) in [5, 5.41) is 51.2. The number of carbonyl (C=O) groups is 7. The number of fused-ring (bicyclic) bond motifs is 5. The Kier molecular flexibility index (Phi) is 21.1. The van der Waals surface area contributed by atoms with Gasteiger partial charge in [-0.3, -0.25) is 28.8 Å². The number of benzene rings is 2. The number of carboxylic acids is 1. The summed E-state index contributed by atoms with van der Waals surface area (Å²) in [6.07, 6.45) is 15.0. The van der Waals surface area contributed by atoms with E-state index >= 15 is 0 Å². The van der Waals surface area contributed by atoms with E-state index in [1.54, 1.807) is 0 Å². The van der Waals surface area contributed by atoms with E-state index in [0.717, 1.165) is 29.1 Å². The number of nitrogen functional groups attached to an aromatic ring is 1. The highest BCUT2D eigenvalue weighted by Gasteiger charge is 2.33. The molecule has 1 heterocycles. The highest BCUT2D eigenvalue weighted by molar-refractivity contribution is 5.96. The molecule has 3 rings (SSSR count). The lowest BCUT2D eigenvalue weighted by atomic mass is 9.93. The summed E-state index contributed by atoms with van der Waals surface area (Å²) in [6.45, 7) is 1.55. The van der Waals surface area contributed by atoms with Crippen molar-refractivity contribution in [2.45, 2.75) is 134 Å². The molecule has 0 radical (unpaired) electrons. The number of anilines is 1. The summed E-state index contributed by atoms with van der Waals surface area (Å²) in [5.41, 5.74) is 6.30. The number of hydrogen-bond acceptors (Lipinski definition) is 11. The van der Waals surface area contributed by atoms with Crippen LogP contribution in [0.3, 0.4) is 0 Å². The Hall–Kier alpha value is -5.91. The van der Waals surface area contributed by atoms with Gasteiger partial charge < -0.3 is 57.2 Å². The molecule has 2 aromatic carbocycles. The zero-order chi connectivity index (χ0) is 46.6. The topological polar surface area (TPSA) is 281 Å². The number of nitrogens with zero attached hydrogens (tertiary/aromatic N) is 2. The van der Waals surface area contributed by atoms with Crippen LogP contribution in [0.4, 0.5) is 5.69 Å². The molecule has 2 aromatic rings. The molecule has 63 heavy (non-hydrogen) atoms. The first-order chi connectivity index (χ1) is 30.0. The standard InChI is InChI=1S/C45H67N7O11/c1-5-6-7-8-9-10-11-12-13-14-15-16-17-18-38(56)51(3)35(27-53)43(60)49-28(2)42(59)48-26-39(57)52(4)40-30-19-20-36(54)31(24-30)32-21-29(22-33(46)41(32)58)23-34(45(62)63)50-37(55)25-47-44(40)61/h19-22,24,28,34-35,40,53-54,58H,5-18,23,25-27,46H2,1-4H3,(H,47,61)(H,48,59)(H,49,60)(H,50,55)(H,62,63)/t28-,34+,35-,40+/m1/s1. The number of nitrogens with one attached hydrogen (secondary N) is 4. The Bertz CT molecular complexity index is 1910. The van der Waals surface area contributed by atoms with Gasteiger partial charge in [0.1, 0.15) is 35.7 Å². The molecule has 0 saturated carbocycles. The Morgan fingerprint density at radius 3 is 2.03 bits per heavy atom. The largest absolute Gasteiger partial charge is 0.507 e. The van der Waals surface area contributed by atoms with Crippen LogP contribution in [0.5, 0.6) is 11.5 Å². The number of phenols is 2. The number of amides is 6. The monoisotopic (exact) mass is 881 g/mol. The van der Waals surface area contributed by atoms with Gasteiger partial charge in [-0.15, -0.1) is 0 Å². The van der Waals surface area contributed by atoms with Crippen LogP contribution in [-0.2, 0) is 40.0 Å². The maximum Gasteiger partial charge on any atom is 0.326 e. The molecular formula is C45H67N7O11. The minimum atomic E-state index is -1.49. The second-order valence-corrected chi connectivity index (χ2v) is 16.3. The van der Waals surface area contributed by atoms with Gasteiger partial charge in [0.15, 0.2) is 0 Å². The third-order valence-corrected chi connectivity index (χ3v) is 11.3. The number of carboxylic acid groups (broad SMARTS) is 1. The van der Waals surface area contributed by atoms with Gasteiger partial charge in [0.05, 0.1) is 25.4 Å². The quantitative estimate of drug-likeness (QED) is 0.0443. The summed E-state index contributed by atoms with van der Waals surface area (Å²) in [6, 6.07) is 1.20. The first kappa shape index (κ1) is 51.4. The second-order valence-electron chi connectivity index (χ2n) is 16.3. The van der Waals surface area contributed by atoms with E-state index in [4.69, 9.17) is 5.73 Å². The van der Waals surface area contributed by atoms with Gasteiger partial charge in [-0.05, 0) is 48.7 Å². The van der Waals surface area contributed by atoms with E-state index in [0.29, 0.717) is 12.0 Å². The van der Waals surface area contributed by atoms with Crippen LogP contribution in [0, 0.1) is 0 Å². The van der Waals surface area contributed by atoms with Crippen molar-refractivity contribution in [2.24, 2.45) is 0 Å². The zero-order valence-corrected chi connectivity index (χ0v) is 37.0. The van der Waals surface area contributed by atoms with E-state index in [1.165, 1.54) is 109 Å². The number of rotatable bonds is 23. The number of nitrogens with two attached hydrogens (primary N) is 1. The Balaban J connectivity index is 1.60. The number of phenolic OH excluding ortho intramolecular Hbond substituents is 2. The van der Waals surface area contributed by atoms with Gasteiger partial charge in [-0.2, -0.15) is 0 Å². The summed E-state index contributed by atoms with van der Waals surface area (Å²) >= 11 is 0. The van der Waals surface area contributed by atoms with Crippen molar-refractivity contribution in [3.63, 3.8) is 0 Å². The molecule has 6 amide bonds. The number of aliphatic hydroxyl groups is 1. The average molecular weight is 882 g/mol. The molecule has 0 saturated heterocycles. The van der Waals surface area contributed by atoms with Gasteiger partial charge >= 0.3 is 5.97 Å². The van der Waals surface area contributed by atoms with Crippen LogP contribution < -0.4 is 27.0 Å².